The fourth-order valence-corrected chi connectivity index (χ4v) is 2.34. The van der Waals surface area contributed by atoms with E-state index in [1.807, 2.05) is 18.7 Å². The van der Waals surface area contributed by atoms with Crippen LogP contribution in [0.25, 0.3) is 0 Å². The molecular formula is C14H25N3O. The lowest BCUT2D eigenvalue weighted by Crippen LogP contribution is -2.52. The Morgan fingerprint density at radius 3 is 2.33 bits per heavy atom. The van der Waals surface area contributed by atoms with E-state index in [0.717, 1.165) is 45.4 Å². The third kappa shape index (κ3) is 3.71. The quantitative estimate of drug-likeness (QED) is 0.749. The molecule has 0 saturated carbocycles. The van der Waals surface area contributed by atoms with Gasteiger partial charge in [0, 0.05) is 32.1 Å². The van der Waals surface area contributed by atoms with Crippen LogP contribution in [0.4, 0.5) is 0 Å². The molecule has 0 aliphatic carbocycles. The highest BCUT2D eigenvalue weighted by Crippen LogP contribution is 2.13. The van der Waals surface area contributed by atoms with E-state index in [4.69, 9.17) is 5.26 Å². The van der Waals surface area contributed by atoms with E-state index >= 15 is 0 Å². The first-order valence-corrected chi connectivity index (χ1v) is 7.06. The van der Waals surface area contributed by atoms with Crippen LogP contribution in [0.3, 0.4) is 0 Å². The van der Waals surface area contributed by atoms with E-state index in [9.17, 15) is 4.79 Å². The molecule has 1 rings (SSSR count). The lowest BCUT2D eigenvalue weighted by atomic mass is 10.1. The second kappa shape index (κ2) is 7.38. The molecule has 0 N–H and O–H groups in total. The van der Waals surface area contributed by atoms with Gasteiger partial charge in [0.1, 0.15) is 0 Å². The van der Waals surface area contributed by atoms with Crippen LogP contribution in [0.5, 0.6) is 0 Å². The Hall–Kier alpha value is -1.08. The third-order valence-electron chi connectivity index (χ3n) is 3.81. The van der Waals surface area contributed by atoms with Crippen molar-refractivity contribution in [1.29, 1.82) is 5.26 Å². The first-order valence-electron chi connectivity index (χ1n) is 7.06. The number of rotatable bonds is 5. The minimum atomic E-state index is 0.0239. The predicted molar refractivity (Wildman–Crippen MR) is 71.9 cm³/mol. The summed E-state index contributed by atoms with van der Waals surface area (Å²) < 4.78 is 0. The largest absolute Gasteiger partial charge is 0.340 e. The van der Waals surface area contributed by atoms with Gasteiger partial charge < -0.3 is 4.90 Å². The molecule has 4 nitrogen and oxygen atoms in total. The predicted octanol–water partition coefficient (Wildman–Crippen LogP) is 1.87. The number of amides is 1. The van der Waals surface area contributed by atoms with Gasteiger partial charge in [0.05, 0.1) is 12.1 Å². The maximum atomic E-state index is 12.0. The highest BCUT2D eigenvalue weighted by Gasteiger charge is 2.27. The van der Waals surface area contributed by atoms with Crippen LogP contribution >= 0.6 is 0 Å². The van der Waals surface area contributed by atoms with E-state index in [1.54, 1.807) is 0 Å². The van der Waals surface area contributed by atoms with E-state index in [-0.39, 0.29) is 17.9 Å². The second-order valence-corrected chi connectivity index (χ2v) is 5.10. The fourth-order valence-electron chi connectivity index (χ4n) is 2.34. The lowest BCUT2D eigenvalue weighted by molar-refractivity contribution is -0.137. The van der Waals surface area contributed by atoms with Gasteiger partial charge in [0.15, 0.2) is 0 Å². The van der Waals surface area contributed by atoms with Crippen molar-refractivity contribution in [3.63, 3.8) is 0 Å². The van der Waals surface area contributed by atoms with Crippen LogP contribution in [0.15, 0.2) is 0 Å². The van der Waals surface area contributed by atoms with Crippen molar-refractivity contribution in [2.75, 3.05) is 26.2 Å². The van der Waals surface area contributed by atoms with Crippen LogP contribution in [-0.4, -0.2) is 47.9 Å². The molecule has 0 aromatic rings. The van der Waals surface area contributed by atoms with Gasteiger partial charge in [-0.1, -0.05) is 27.2 Å². The molecule has 1 amide bonds. The second-order valence-electron chi connectivity index (χ2n) is 5.10. The SMILES string of the molecule is CCCC(C#N)N1CCN(C(=O)C(C)CC)CC1. The molecule has 0 bridgehead atoms. The van der Waals surface area contributed by atoms with Crippen molar-refractivity contribution in [1.82, 2.24) is 9.80 Å². The highest BCUT2D eigenvalue weighted by atomic mass is 16.2. The number of nitriles is 1. The Morgan fingerprint density at radius 1 is 1.28 bits per heavy atom. The van der Waals surface area contributed by atoms with Crippen molar-refractivity contribution in [2.45, 2.75) is 46.1 Å². The number of hydrogen-bond acceptors (Lipinski definition) is 3. The average molecular weight is 251 g/mol. The van der Waals surface area contributed by atoms with Crippen LogP contribution in [0.1, 0.15) is 40.0 Å². The third-order valence-corrected chi connectivity index (χ3v) is 3.81. The zero-order chi connectivity index (χ0) is 13.5. The number of nitrogens with zero attached hydrogens (tertiary/aromatic N) is 3. The molecule has 1 aliphatic rings. The summed E-state index contributed by atoms with van der Waals surface area (Å²) >= 11 is 0. The molecule has 18 heavy (non-hydrogen) atoms. The monoisotopic (exact) mass is 251 g/mol. The molecule has 1 fully saturated rings. The van der Waals surface area contributed by atoms with Gasteiger partial charge in [-0.05, 0) is 12.8 Å². The molecule has 0 aromatic carbocycles. The zero-order valence-corrected chi connectivity index (χ0v) is 11.9. The molecule has 0 radical (unpaired) electrons. The number of carbonyl (C=O) groups is 1. The minimum Gasteiger partial charge on any atom is -0.340 e. The van der Waals surface area contributed by atoms with Crippen molar-refractivity contribution in [2.24, 2.45) is 5.92 Å². The van der Waals surface area contributed by atoms with Crippen molar-refractivity contribution >= 4 is 5.91 Å². The van der Waals surface area contributed by atoms with Gasteiger partial charge in [0.2, 0.25) is 5.91 Å². The summed E-state index contributed by atoms with van der Waals surface area (Å²) in [7, 11) is 0. The molecule has 2 unspecified atom stereocenters. The number of carbonyl (C=O) groups excluding carboxylic acids is 1. The van der Waals surface area contributed by atoms with Crippen molar-refractivity contribution in [3.05, 3.63) is 0 Å². The Balaban J connectivity index is 2.46. The molecular weight excluding hydrogens is 226 g/mol. The molecule has 4 heteroatoms. The van der Waals surface area contributed by atoms with Gasteiger partial charge in [-0.25, -0.2) is 0 Å². The maximum Gasteiger partial charge on any atom is 0.225 e. The van der Waals surface area contributed by atoms with E-state index in [1.165, 1.54) is 0 Å². The Kier molecular flexibility index (Phi) is 6.14. The Labute approximate surface area is 111 Å². The summed E-state index contributed by atoms with van der Waals surface area (Å²) in [5.41, 5.74) is 0. The lowest BCUT2D eigenvalue weighted by Gasteiger charge is -2.37. The maximum absolute atomic E-state index is 12.0. The fraction of sp³-hybridized carbons (Fsp3) is 0.857. The summed E-state index contributed by atoms with van der Waals surface area (Å²) in [6, 6.07) is 2.40. The van der Waals surface area contributed by atoms with Crippen LogP contribution in [0.2, 0.25) is 0 Å². The normalized spacial score (nSPS) is 20.2. The summed E-state index contributed by atoms with van der Waals surface area (Å²) in [5, 5.41) is 9.14. The highest BCUT2D eigenvalue weighted by molar-refractivity contribution is 5.78. The van der Waals surface area contributed by atoms with Gasteiger partial charge in [-0.2, -0.15) is 5.26 Å². The van der Waals surface area contributed by atoms with Crippen molar-refractivity contribution in [3.8, 4) is 6.07 Å². The summed E-state index contributed by atoms with van der Waals surface area (Å²) in [6.07, 6.45) is 2.86. The van der Waals surface area contributed by atoms with Gasteiger partial charge in [-0.3, -0.25) is 9.69 Å². The van der Waals surface area contributed by atoms with Gasteiger partial charge >= 0.3 is 0 Å². The summed E-state index contributed by atoms with van der Waals surface area (Å²) in [5.74, 6) is 0.389. The van der Waals surface area contributed by atoms with Gasteiger partial charge in [-0.15, -0.1) is 0 Å². The smallest absolute Gasteiger partial charge is 0.225 e. The molecule has 1 heterocycles. The molecule has 0 spiro atoms. The molecule has 102 valence electrons. The van der Waals surface area contributed by atoms with Crippen LogP contribution in [0, 0.1) is 17.2 Å². The molecule has 2 atom stereocenters. The minimum absolute atomic E-state index is 0.0239. The first-order chi connectivity index (χ1) is 8.63. The van der Waals surface area contributed by atoms with E-state index in [0.29, 0.717) is 0 Å². The summed E-state index contributed by atoms with van der Waals surface area (Å²) in [6.45, 7) is 9.35. The first kappa shape index (κ1) is 15.0. The van der Waals surface area contributed by atoms with E-state index < -0.39 is 0 Å². The van der Waals surface area contributed by atoms with Crippen LogP contribution in [-0.2, 0) is 4.79 Å². The van der Waals surface area contributed by atoms with E-state index in [2.05, 4.69) is 17.9 Å². The number of piperazine rings is 1. The summed E-state index contributed by atoms with van der Waals surface area (Å²) in [4.78, 5) is 16.2. The standard InChI is InChI=1S/C14H25N3O/c1-4-6-13(11-15)16-7-9-17(10-8-16)14(18)12(3)5-2/h12-13H,4-10H2,1-3H3. The zero-order valence-electron chi connectivity index (χ0n) is 11.9. The Morgan fingerprint density at radius 2 is 1.89 bits per heavy atom. The number of hydrogen-bond donors (Lipinski definition) is 0. The molecule has 1 aliphatic heterocycles. The Bertz CT molecular complexity index is 303. The topological polar surface area (TPSA) is 47.3 Å². The molecule has 1 saturated heterocycles. The van der Waals surface area contributed by atoms with Crippen molar-refractivity contribution < 1.29 is 4.79 Å². The van der Waals surface area contributed by atoms with Gasteiger partial charge in [0.25, 0.3) is 0 Å². The van der Waals surface area contributed by atoms with Crippen LogP contribution < -0.4 is 0 Å². The molecule has 0 aromatic heterocycles. The average Bonchev–Trinajstić information content (AvgIpc) is 2.43.